The Hall–Kier alpha value is -1.36. The molecule has 6 heteroatoms. The minimum Gasteiger partial charge on any atom is -0.466 e. The molecule has 1 fully saturated rings. The van der Waals surface area contributed by atoms with Crippen molar-refractivity contribution >= 4 is 17.6 Å². The third kappa shape index (κ3) is 2.02. The van der Waals surface area contributed by atoms with Gasteiger partial charge in [-0.15, -0.1) is 0 Å². The van der Waals surface area contributed by atoms with Gasteiger partial charge in [0, 0.05) is 12.8 Å². The number of ether oxygens (including phenoxy) is 2. The maximum absolute atomic E-state index is 11.4. The summed E-state index contributed by atoms with van der Waals surface area (Å²) >= 11 is 5.64. The van der Waals surface area contributed by atoms with Crippen LogP contribution in [0.25, 0.3) is 0 Å². The lowest BCUT2D eigenvalue weighted by Gasteiger charge is -2.13. The van der Waals surface area contributed by atoms with Crippen LogP contribution in [-0.2, 0) is 9.53 Å². The number of methoxy groups -OCH3 is 1. The first-order chi connectivity index (χ1) is 7.16. The highest BCUT2D eigenvalue weighted by atomic mass is 35.5. The Morgan fingerprint density at radius 1 is 1.53 bits per heavy atom. The number of rotatable bonds is 3. The molecule has 1 aromatic heterocycles. The number of halogens is 1. The normalized spacial score (nSPS) is 16.9. The van der Waals surface area contributed by atoms with Crippen LogP contribution in [0.4, 0.5) is 0 Å². The summed E-state index contributed by atoms with van der Waals surface area (Å²) < 4.78 is 10.0. The lowest BCUT2D eigenvalue weighted by atomic mass is 10.3. The van der Waals surface area contributed by atoms with Crippen LogP contribution in [0.3, 0.4) is 0 Å². The van der Waals surface area contributed by atoms with Crippen LogP contribution >= 0.6 is 11.6 Å². The molecule has 5 nitrogen and oxygen atoms in total. The van der Waals surface area contributed by atoms with Gasteiger partial charge in [-0.05, 0) is 0 Å². The molecule has 0 amide bonds. The van der Waals surface area contributed by atoms with E-state index in [0.717, 1.165) is 0 Å². The molecule has 2 rings (SSSR count). The summed E-state index contributed by atoms with van der Waals surface area (Å²) in [5.41, 5.74) is -0.867. The molecule has 0 radical (unpaired) electrons. The second-order valence-electron chi connectivity index (χ2n) is 3.27. The monoisotopic (exact) mass is 228 g/mol. The topological polar surface area (TPSA) is 61.3 Å². The molecule has 0 N–H and O–H groups in total. The lowest BCUT2D eigenvalue weighted by molar-refractivity contribution is -0.151. The minimum absolute atomic E-state index is 0.230. The third-order valence-corrected chi connectivity index (χ3v) is 2.33. The number of carbonyl (C=O) groups excluding carboxylic acids is 1. The molecule has 15 heavy (non-hydrogen) atoms. The van der Waals surface area contributed by atoms with Crippen LogP contribution in [0.5, 0.6) is 5.88 Å². The van der Waals surface area contributed by atoms with Gasteiger partial charge in [0.05, 0.1) is 19.5 Å². The van der Waals surface area contributed by atoms with Crippen molar-refractivity contribution < 1.29 is 14.3 Å². The van der Waals surface area contributed by atoms with Crippen molar-refractivity contribution in [2.45, 2.75) is 18.4 Å². The van der Waals surface area contributed by atoms with Gasteiger partial charge in [-0.1, -0.05) is 11.6 Å². The van der Waals surface area contributed by atoms with Gasteiger partial charge in [-0.25, -0.2) is 4.79 Å². The first-order valence-corrected chi connectivity index (χ1v) is 4.79. The molecule has 1 saturated carbocycles. The minimum atomic E-state index is -0.867. The number of aromatic nitrogens is 2. The zero-order valence-electron chi connectivity index (χ0n) is 8.07. The van der Waals surface area contributed by atoms with Crippen LogP contribution in [0.15, 0.2) is 12.4 Å². The molecule has 1 aliphatic carbocycles. The summed E-state index contributed by atoms with van der Waals surface area (Å²) in [6, 6.07) is 0. The predicted octanol–water partition coefficient (Wildman–Crippen LogP) is 1.21. The Morgan fingerprint density at radius 2 is 2.27 bits per heavy atom. The van der Waals surface area contributed by atoms with Crippen LogP contribution in [0, 0.1) is 0 Å². The fourth-order valence-electron chi connectivity index (χ4n) is 1.22. The van der Waals surface area contributed by atoms with Crippen molar-refractivity contribution in [1.82, 2.24) is 9.97 Å². The second kappa shape index (κ2) is 3.66. The van der Waals surface area contributed by atoms with E-state index in [1.165, 1.54) is 19.5 Å². The maximum Gasteiger partial charge on any atom is 0.350 e. The molecule has 0 saturated heterocycles. The molecular weight excluding hydrogens is 220 g/mol. The van der Waals surface area contributed by atoms with Crippen molar-refractivity contribution in [1.29, 1.82) is 0 Å². The Morgan fingerprint density at radius 3 is 2.80 bits per heavy atom. The van der Waals surface area contributed by atoms with Crippen molar-refractivity contribution in [2.24, 2.45) is 0 Å². The first-order valence-electron chi connectivity index (χ1n) is 4.41. The first kappa shape index (κ1) is 10.2. The Labute approximate surface area is 91.4 Å². The number of hydrogen-bond acceptors (Lipinski definition) is 5. The summed E-state index contributed by atoms with van der Waals surface area (Å²) in [7, 11) is 1.33. The smallest absolute Gasteiger partial charge is 0.350 e. The van der Waals surface area contributed by atoms with E-state index in [4.69, 9.17) is 16.3 Å². The average Bonchev–Trinajstić information content (AvgIpc) is 2.98. The molecule has 1 aromatic rings. The molecule has 0 aromatic carbocycles. The largest absolute Gasteiger partial charge is 0.466 e. The highest BCUT2D eigenvalue weighted by Gasteiger charge is 2.54. The van der Waals surface area contributed by atoms with Gasteiger partial charge in [-0.2, -0.15) is 4.98 Å². The van der Waals surface area contributed by atoms with Crippen molar-refractivity contribution in [3.8, 4) is 5.88 Å². The van der Waals surface area contributed by atoms with Gasteiger partial charge in [-0.3, -0.25) is 4.98 Å². The standard InChI is InChI=1S/C9H9ClN2O3/c1-14-8(13)9(2-3-9)15-7-5-11-4-6(10)12-7/h4-5H,2-3H2,1H3. The molecule has 1 heterocycles. The summed E-state index contributed by atoms with van der Waals surface area (Å²) in [6.45, 7) is 0. The summed E-state index contributed by atoms with van der Waals surface area (Å²) in [6.07, 6.45) is 4.07. The van der Waals surface area contributed by atoms with Gasteiger partial charge in [0.15, 0.2) is 5.15 Å². The fraction of sp³-hybridized carbons (Fsp3) is 0.444. The SMILES string of the molecule is COC(=O)C1(Oc2cncc(Cl)n2)CC1. The number of esters is 1. The van der Waals surface area contributed by atoms with E-state index in [1.54, 1.807) is 0 Å². The molecular formula is C9H9ClN2O3. The van der Waals surface area contributed by atoms with Crippen LogP contribution in [0.1, 0.15) is 12.8 Å². The van der Waals surface area contributed by atoms with Crippen LogP contribution < -0.4 is 4.74 Å². The van der Waals surface area contributed by atoms with E-state index in [1.807, 2.05) is 0 Å². The number of nitrogens with zero attached hydrogens (tertiary/aromatic N) is 2. The molecule has 0 aliphatic heterocycles. The van der Waals surface area contributed by atoms with E-state index in [0.29, 0.717) is 12.8 Å². The van der Waals surface area contributed by atoms with E-state index >= 15 is 0 Å². The second-order valence-corrected chi connectivity index (χ2v) is 3.66. The van der Waals surface area contributed by atoms with Gasteiger partial charge in [0.25, 0.3) is 0 Å². The average molecular weight is 229 g/mol. The highest BCUT2D eigenvalue weighted by molar-refractivity contribution is 6.29. The van der Waals surface area contributed by atoms with Gasteiger partial charge in [0.2, 0.25) is 11.5 Å². The van der Waals surface area contributed by atoms with E-state index in [9.17, 15) is 4.79 Å². The van der Waals surface area contributed by atoms with Crippen molar-refractivity contribution in [3.63, 3.8) is 0 Å². The molecule has 80 valence electrons. The zero-order chi connectivity index (χ0) is 10.9. The quantitative estimate of drug-likeness (QED) is 0.728. The third-order valence-electron chi connectivity index (χ3n) is 2.14. The van der Waals surface area contributed by atoms with Crippen molar-refractivity contribution in [3.05, 3.63) is 17.5 Å². The van der Waals surface area contributed by atoms with Crippen LogP contribution in [0.2, 0.25) is 5.15 Å². The molecule has 0 atom stereocenters. The molecule has 0 spiro atoms. The van der Waals surface area contributed by atoms with Gasteiger partial charge >= 0.3 is 5.97 Å². The Balaban J connectivity index is 2.12. The van der Waals surface area contributed by atoms with Crippen molar-refractivity contribution in [2.75, 3.05) is 7.11 Å². The van der Waals surface area contributed by atoms with E-state index in [2.05, 4.69) is 14.7 Å². The fourth-order valence-corrected chi connectivity index (χ4v) is 1.36. The molecule has 1 aliphatic rings. The Kier molecular flexibility index (Phi) is 2.48. The summed E-state index contributed by atoms with van der Waals surface area (Å²) in [5, 5.41) is 0.230. The molecule has 0 bridgehead atoms. The predicted molar refractivity (Wildman–Crippen MR) is 51.7 cm³/mol. The van der Waals surface area contributed by atoms with E-state index in [-0.39, 0.29) is 17.0 Å². The Bertz CT molecular complexity index is 393. The lowest BCUT2D eigenvalue weighted by Crippen LogP contribution is -2.31. The summed E-state index contributed by atoms with van der Waals surface area (Å²) in [4.78, 5) is 19.1. The maximum atomic E-state index is 11.4. The number of hydrogen-bond donors (Lipinski definition) is 0. The number of carbonyl (C=O) groups is 1. The summed E-state index contributed by atoms with van der Waals surface area (Å²) in [5.74, 6) is -0.144. The molecule has 0 unspecified atom stereocenters. The zero-order valence-corrected chi connectivity index (χ0v) is 8.82. The van der Waals surface area contributed by atoms with Gasteiger partial charge < -0.3 is 9.47 Å². The van der Waals surface area contributed by atoms with Gasteiger partial charge in [0.1, 0.15) is 0 Å². The highest BCUT2D eigenvalue weighted by Crippen LogP contribution is 2.40. The van der Waals surface area contributed by atoms with Crippen LogP contribution in [-0.4, -0.2) is 28.6 Å². The van der Waals surface area contributed by atoms with E-state index < -0.39 is 5.60 Å².